The fourth-order valence-corrected chi connectivity index (χ4v) is 6.31. The fourth-order valence-electron chi connectivity index (χ4n) is 5.29. The van der Waals surface area contributed by atoms with Crippen molar-refractivity contribution in [3.8, 4) is 17.2 Å². The number of methoxy groups -OCH3 is 1. The van der Waals surface area contributed by atoms with E-state index in [0.717, 1.165) is 36.9 Å². The Bertz CT molecular complexity index is 1590. The number of para-hydroxylation sites is 2. The molecule has 2 aromatic carbocycles. The number of aromatic nitrogens is 1. The normalized spacial score (nSPS) is 17.2. The minimum atomic E-state index is -0.332. The van der Waals surface area contributed by atoms with Crippen LogP contribution in [0.2, 0.25) is 0 Å². The average molecular weight is 544 g/mol. The van der Waals surface area contributed by atoms with Crippen LogP contribution in [0.25, 0.3) is 10.2 Å². The van der Waals surface area contributed by atoms with E-state index in [1.807, 2.05) is 55.5 Å². The van der Waals surface area contributed by atoms with E-state index >= 15 is 0 Å². The summed E-state index contributed by atoms with van der Waals surface area (Å²) in [6, 6.07) is 14.6. The van der Waals surface area contributed by atoms with Gasteiger partial charge in [-0.15, -0.1) is 11.3 Å². The van der Waals surface area contributed by atoms with Crippen molar-refractivity contribution in [2.24, 2.45) is 0 Å². The topological polar surface area (TPSA) is 96.0 Å². The van der Waals surface area contributed by atoms with Crippen molar-refractivity contribution < 1.29 is 19.1 Å². The number of piperidine rings is 1. The van der Waals surface area contributed by atoms with Gasteiger partial charge in [-0.2, -0.15) is 0 Å². The van der Waals surface area contributed by atoms with Gasteiger partial charge in [-0.05, 0) is 75.3 Å². The molecular weight excluding hydrogens is 514 g/mol. The number of aryl methyl sites for hydroxylation is 1. The van der Waals surface area contributed by atoms with E-state index in [4.69, 9.17) is 9.47 Å². The lowest BCUT2D eigenvalue weighted by Gasteiger charge is -2.31. The van der Waals surface area contributed by atoms with Crippen LogP contribution in [0.4, 0.5) is 21.9 Å². The Morgan fingerprint density at radius 3 is 2.74 bits per heavy atom. The monoisotopic (exact) mass is 543 g/mol. The van der Waals surface area contributed by atoms with Gasteiger partial charge in [0, 0.05) is 18.8 Å². The van der Waals surface area contributed by atoms with Gasteiger partial charge >= 0.3 is 6.03 Å². The molecule has 6 rings (SSSR count). The highest BCUT2D eigenvalue weighted by molar-refractivity contribution is 7.21. The Labute approximate surface area is 230 Å². The molecule has 2 aliphatic heterocycles. The van der Waals surface area contributed by atoms with Crippen molar-refractivity contribution in [2.75, 3.05) is 37.5 Å². The highest BCUT2D eigenvalue weighted by Gasteiger charge is 2.34. The lowest BCUT2D eigenvalue weighted by molar-refractivity contribution is 0.0917. The molecule has 39 heavy (non-hydrogen) atoms. The molecule has 1 unspecified atom stereocenters. The van der Waals surface area contributed by atoms with E-state index in [-0.39, 0.29) is 18.0 Å². The molecule has 1 fully saturated rings. The van der Waals surface area contributed by atoms with Crippen molar-refractivity contribution >= 4 is 50.6 Å². The Kier molecular flexibility index (Phi) is 6.58. The standard InChI is InChI=1S/C29H29N5O4S/c1-17-15-19(38-23-9-5-4-8-22(23)37-3)10-11-20(17)34-21-12-13-30-28-24(21)25(32-29(34)36)26(39-28)27(35)31-18-7-6-14-33(2)16-18/h4-5,8-13,15,18H,6-7,14,16H2,1-3H3,(H,31,35)(H,32,36). The van der Waals surface area contributed by atoms with E-state index in [1.54, 1.807) is 18.2 Å². The first kappa shape index (κ1) is 25.1. The number of rotatable bonds is 6. The molecule has 10 heteroatoms. The third kappa shape index (κ3) is 4.66. The van der Waals surface area contributed by atoms with Gasteiger partial charge in [-0.25, -0.2) is 9.78 Å². The van der Waals surface area contributed by atoms with Gasteiger partial charge in [0.15, 0.2) is 11.5 Å². The van der Waals surface area contributed by atoms with Crippen molar-refractivity contribution in [1.82, 2.24) is 15.2 Å². The number of ether oxygens (including phenoxy) is 2. The number of thiophene rings is 1. The number of anilines is 3. The first-order valence-corrected chi connectivity index (χ1v) is 13.7. The quantitative estimate of drug-likeness (QED) is 0.314. The molecule has 4 aromatic rings. The van der Waals surface area contributed by atoms with Crippen LogP contribution in [0.1, 0.15) is 28.1 Å². The molecular formula is C29H29N5O4S. The molecule has 0 bridgehead atoms. The van der Waals surface area contributed by atoms with Crippen LogP contribution >= 0.6 is 11.3 Å². The Morgan fingerprint density at radius 2 is 1.97 bits per heavy atom. The van der Waals surface area contributed by atoms with Gasteiger partial charge in [0.25, 0.3) is 5.91 Å². The minimum absolute atomic E-state index is 0.0797. The number of likely N-dealkylation sites (tertiary alicyclic amines) is 1. The predicted octanol–water partition coefficient (Wildman–Crippen LogP) is 5.91. The van der Waals surface area contributed by atoms with E-state index < -0.39 is 0 Å². The van der Waals surface area contributed by atoms with Crippen LogP contribution in [0.5, 0.6) is 17.2 Å². The summed E-state index contributed by atoms with van der Waals surface area (Å²) in [5.74, 6) is 1.69. The van der Waals surface area contributed by atoms with Gasteiger partial charge < -0.3 is 25.0 Å². The lowest BCUT2D eigenvalue weighted by Crippen LogP contribution is -2.46. The third-order valence-corrected chi connectivity index (χ3v) is 8.21. The lowest BCUT2D eigenvalue weighted by atomic mass is 10.1. The number of nitrogens with zero attached hydrogens (tertiary/aromatic N) is 3. The van der Waals surface area contributed by atoms with Crippen molar-refractivity contribution in [2.45, 2.75) is 25.8 Å². The number of carbonyl (C=O) groups excluding carboxylic acids is 2. The fraction of sp³-hybridized carbons (Fsp3) is 0.276. The van der Waals surface area contributed by atoms with Crippen molar-refractivity contribution in [1.29, 1.82) is 0 Å². The summed E-state index contributed by atoms with van der Waals surface area (Å²) in [5, 5.41) is 6.91. The second kappa shape index (κ2) is 10.2. The van der Waals surface area contributed by atoms with Crippen LogP contribution in [0.3, 0.4) is 0 Å². The minimum Gasteiger partial charge on any atom is -0.493 e. The highest BCUT2D eigenvalue weighted by atomic mass is 32.1. The van der Waals surface area contributed by atoms with Crippen LogP contribution in [0, 0.1) is 6.92 Å². The summed E-state index contributed by atoms with van der Waals surface area (Å²) in [6.45, 7) is 3.78. The number of hydrogen-bond acceptors (Lipinski definition) is 7. The van der Waals surface area contributed by atoms with Gasteiger partial charge in [0.05, 0.1) is 29.6 Å². The van der Waals surface area contributed by atoms with E-state index in [2.05, 4.69) is 27.6 Å². The maximum atomic E-state index is 13.5. The molecule has 9 nitrogen and oxygen atoms in total. The summed E-state index contributed by atoms with van der Waals surface area (Å²) in [4.78, 5) is 36.4. The maximum absolute atomic E-state index is 13.5. The number of benzene rings is 2. The summed E-state index contributed by atoms with van der Waals surface area (Å²) in [5.41, 5.74) is 2.77. The summed E-state index contributed by atoms with van der Waals surface area (Å²) < 4.78 is 11.5. The Balaban J connectivity index is 1.32. The van der Waals surface area contributed by atoms with Crippen LogP contribution < -0.4 is 25.0 Å². The second-order valence-corrected chi connectivity index (χ2v) is 10.9. The van der Waals surface area contributed by atoms with Crippen LogP contribution in [-0.4, -0.2) is 55.1 Å². The first-order chi connectivity index (χ1) is 18.9. The molecule has 200 valence electrons. The first-order valence-electron chi connectivity index (χ1n) is 12.9. The van der Waals surface area contributed by atoms with Crippen molar-refractivity contribution in [3.63, 3.8) is 0 Å². The smallest absolute Gasteiger partial charge is 0.331 e. The largest absolute Gasteiger partial charge is 0.493 e. The van der Waals surface area contributed by atoms with Gasteiger partial charge in [0.2, 0.25) is 0 Å². The van der Waals surface area contributed by atoms with Crippen LogP contribution in [-0.2, 0) is 0 Å². The molecule has 0 radical (unpaired) electrons. The molecule has 2 aromatic heterocycles. The number of nitrogens with one attached hydrogen (secondary N) is 2. The molecule has 0 saturated carbocycles. The molecule has 2 aliphatic rings. The number of likely N-dealkylation sites (N-methyl/N-ethyl adjacent to an activating group) is 1. The zero-order valence-electron chi connectivity index (χ0n) is 22.0. The van der Waals surface area contributed by atoms with Gasteiger partial charge in [0.1, 0.15) is 15.5 Å². The molecule has 1 saturated heterocycles. The molecule has 3 amide bonds. The molecule has 1 atom stereocenters. The summed E-state index contributed by atoms with van der Waals surface area (Å²) in [7, 11) is 3.66. The van der Waals surface area contributed by atoms with Gasteiger partial charge in [-0.3, -0.25) is 9.69 Å². The zero-order chi connectivity index (χ0) is 27.1. The number of hydrogen-bond donors (Lipinski definition) is 2. The molecule has 0 spiro atoms. The van der Waals surface area contributed by atoms with Crippen molar-refractivity contribution in [3.05, 3.63) is 65.2 Å². The third-order valence-electron chi connectivity index (χ3n) is 7.12. The number of amides is 3. The molecule has 2 N–H and O–H groups in total. The summed E-state index contributed by atoms with van der Waals surface area (Å²) >= 11 is 1.30. The predicted molar refractivity (Wildman–Crippen MR) is 153 cm³/mol. The Hall–Kier alpha value is -4.15. The molecule has 0 aliphatic carbocycles. The van der Waals surface area contributed by atoms with Crippen LogP contribution in [0.15, 0.2) is 54.7 Å². The number of urea groups is 1. The molecule has 4 heterocycles. The zero-order valence-corrected chi connectivity index (χ0v) is 22.8. The maximum Gasteiger partial charge on any atom is 0.331 e. The Morgan fingerprint density at radius 1 is 1.15 bits per heavy atom. The van der Waals surface area contributed by atoms with Gasteiger partial charge in [-0.1, -0.05) is 12.1 Å². The number of pyridine rings is 1. The summed E-state index contributed by atoms with van der Waals surface area (Å²) in [6.07, 6.45) is 3.66. The average Bonchev–Trinajstić information content (AvgIpc) is 3.29. The van der Waals surface area contributed by atoms with E-state index in [1.165, 1.54) is 11.3 Å². The highest BCUT2D eigenvalue weighted by Crippen LogP contribution is 2.46. The second-order valence-electron chi connectivity index (χ2n) is 9.86. The SMILES string of the molecule is COc1ccccc1Oc1ccc(N2C(=O)Nc3c(C(=O)NC4CCCN(C)C4)sc4nccc2c34)c(C)c1. The van der Waals surface area contributed by atoms with E-state index in [9.17, 15) is 9.59 Å². The van der Waals surface area contributed by atoms with E-state index in [0.29, 0.717) is 44.0 Å². The number of carbonyl (C=O) groups is 2.